The van der Waals surface area contributed by atoms with E-state index in [0.29, 0.717) is 62.8 Å². The van der Waals surface area contributed by atoms with E-state index in [4.69, 9.17) is 23.7 Å². The first-order valence-electron chi connectivity index (χ1n) is 13.6. The SMILES string of the molecule is Cn1c(=O)n(C2CCC(=O)NC2=O)c2ccc(C#CCOCCOCCOCCOCCC(=O)OC(C)(C)C)cc21. The van der Waals surface area contributed by atoms with Crippen LogP contribution in [0.5, 0.6) is 0 Å². The van der Waals surface area contributed by atoms with E-state index in [0.717, 1.165) is 0 Å². The van der Waals surface area contributed by atoms with Crippen molar-refractivity contribution in [2.75, 3.05) is 52.9 Å². The van der Waals surface area contributed by atoms with Gasteiger partial charge in [0.15, 0.2) is 0 Å². The zero-order chi connectivity index (χ0) is 29.8. The highest BCUT2D eigenvalue weighted by molar-refractivity contribution is 6.00. The van der Waals surface area contributed by atoms with Gasteiger partial charge in [0, 0.05) is 19.0 Å². The Morgan fingerprint density at radius 2 is 1.59 bits per heavy atom. The summed E-state index contributed by atoms with van der Waals surface area (Å²) in [5.74, 6) is 4.89. The number of imidazole rings is 1. The molecular weight excluding hydrogens is 534 g/mol. The second kappa shape index (κ2) is 15.5. The Morgan fingerprint density at radius 3 is 2.22 bits per heavy atom. The number of ether oxygens (including phenoxy) is 5. The maximum absolute atomic E-state index is 12.8. The number of aryl methyl sites for hydroxylation is 1. The molecule has 1 N–H and O–H groups in total. The fraction of sp³-hybridized carbons (Fsp3) is 0.586. The Kier molecular flexibility index (Phi) is 12.1. The molecule has 0 bridgehead atoms. The minimum atomic E-state index is -0.723. The molecule has 2 aromatic rings. The van der Waals surface area contributed by atoms with Crippen LogP contribution in [0.2, 0.25) is 0 Å². The molecule has 0 aliphatic carbocycles. The Labute approximate surface area is 239 Å². The predicted molar refractivity (Wildman–Crippen MR) is 149 cm³/mol. The molecular formula is C29H39N3O9. The molecule has 1 fully saturated rings. The first-order valence-corrected chi connectivity index (χ1v) is 13.6. The van der Waals surface area contributed by atoms with Gasteiger partial charge in [-0.15, -0.1) is 0 Å². The van der Waals surface area contributed by atoms with E-state index in [-0.39, 0.29) is 43.4 Å². The first-order chi connectivity index (χ1) is 19.6. The highest BCUT2D eigenvalue weighted by Gasteiger charge is 2.31. The van der Waals surface area contributed by atoms with Crippen molar-refractivity contribution in [3.63, 3.8) is 0 Å². The molecule has 1 aromatic carbocycles. The Morgan fingerprint density at radius 1 is 0.951 bits per heavy atom. The maximum Gasteiger partial charge on any atom is 0.329 e. The van der Waals surface area contributed by atoms with Crippen molar-refractivity contribution in [1.82, 2.24) is 14.5 Å². The second-order valence-electron chi connectivity index (χ2n) is 10.4. The third-order valence-corrected chi connectivity index (χ3v) is 6.00. The number of benzene rings is 1. The number of hydrogen-bond donors (Lipinski definition) is 1. The molecule has 2 amide bonds. The number of amides is 2. The number of nitrogens with one attached hydrogen (secondary N) is 1. The fourth-order valence-electron chi connectivity index (χ4n) is 4.14. The molecule has 1 atom stereocenters. The number of rotatable bonds is 14. The summed E-state index contributed by atoms with van der Waals surface area (Å²) in [7, 11) is 1.64. The number of carbonyl (C=O) groups excluding carboxylic acids is 3. The van der Waals surface area contributed by atoms with Crippen LogP contribution in [0.4, 0.5) is 0 Å². The number of aromatic nitrogens is 2. The number of carbonyl (C=O) groups is 3. The normalized spacial score (nSPS) is 15.5. The van der Waals surface area contributed by atoms with Crippen LogP contribution in [0, 0.1) is 11.8 Å². The molecule has 2 heterocycles. The van der Waals surface area contributed by atoms with Crippen molar-refractivity contribution in [2.24, 2.45) is 7.05 Å². The van der Waals surface area contributed by atoms with E-state index in [2.05, 4.69) is 17.2 Å². The van der Waals surface area contributed by atoms with Gasteiger partial charge in [0.1, 0.15) is 18.2 Å². The average Bonchev–Trinajstić information content (AvgIpc) is 3.14. The largest absolute Gasteiger partial charge is 0.460 e. The molecule has 0 radical (unpaired) electrons. The summed E-state index contributed by atoms with van der Waals surface area (Å²) in [5.41, 5.74) is 1.15. The number of imide groups is 1. The minimum absolute atomic E-state index is 0.191. The number of piperidine rings is 1. The number of fused-ring (bicyclic) bond motifs is 1. The topological polar surface area (TPSA) is 136 Å². The monoisotopic (exact) mass is 573 g/mol. The zero-order valence-electron chi connectivity index (χ0n) is 24.2. The Bertz CT molecular complexity index is 1330. The fourth-order valence-corrected chi connectivity index (χ4v) is 4.14. The van der Waals surface area contributed by atoms with Crippen molar-refractivity contribution in [3.05, 3.63) is 34.2 Å². The molecule has 12 nitrogen and oxygen atoms in total. The lowest BCUT2D eigenvalue weighted by Gasteiger charge is -2.21. The smallest absolute Gasteiger partial charge is 0.329 e. The van der Waals surface area contributed by atoms with Crippen molar-refractivity contribution in [1.29, 1.82) is 0 Å². The lowest BCUT2D eigenvalue weighted by atomic mass is 10.1. The summed E-state index contributed by atoms with van der Waals surface area (Å²) in [6.45, 7) is 8.41. The first kappa shape index (κ1) is 32.0. The average molecular weight is 574 g/mol. The van der Waals surface area contributed by atoms with Gasteiger partial charge in [0.05, 0.1) is 63.7 Å². The Balaban J connectivity index is 1.28. The lowest BCUT2D eigenvalue weighted by molar-refractivity contribution is -0.156. The van der Waals surface area contributed by atoms with Gasteiger partial charge < -0.3 is 23.7 Å². The minimum Gasteiger partial charge on any atom is -0.460 e. The lowest BCUT2D eigenvalue weighted by Crippen LogP contribution is -2.44. The maximum atomic E-state index is 12.8. The third-order valence-electron chi connectivity index (χ3n) is 6.00. The molecule has 1 aliphatic heterocycles. The summed E-state index contributed by atoms with van der Waals surface area (Å²) < 4.78 is 29.8. The summed E-state index contributed by atoms with van der Waals surface area (Å²) in [4.78, 5) is 48.2. The van der Waals surface area contributed by atoms with Gasteiger partial charge >= 0.3 is 11.7 Å². The summed E-state index contributed by atoms with van der Waals surface area (Å²) >= 11 is 0. The summed E-state index contributed by atoms with van der Waals surface area (Å²) in [6, 6.07) is 4.62. The van der Waals surface area contributed by atoms with Crippen LogP contribution in [0.3, 0.4) is 0 Å². The van der Waals surface area contributed by atoms with Gasteiger partial charge in [-0.3, -0.25) is 28.8 Å². The van der Waals surface area contributed by atoms with Crippen LogP contribution in [0.1, 0.15) is 51.6 Å². The standard InChI is InChI=1S/C29H39N3O9/c1-29(2,3)41-26(34)11-13-38-15-17-40-19-18-39-16-14-37-12-5-6-21-7-8-22-24(20-21)31(4)28(36)32(22)23-9-10-25(33)30-27(23)35/h7-8,20,23H,9-19H2,1-4H3,(H,30,33,35). The van der Waals surface area contributed by atoms with Gasteiger partial charge in [-0.25, -0.2) is 4.79 Å². The quantitative estimate of drug-likeness (QED) is 0.154. The van der Waals surface area contributed by atoms with Crippen LogP contribution in [0.15, 0.2) is 23.0 Å². The van der Waals surface area contributed by atoms with E-state index in [1.165, 1.54) is 9.13 Å². The van der Waals surface area contributed by atoms with Crippen LogP contribution in [0.25, 0.3) is 11.0 Å². The molecule has 1 saturated heterocycles. The molecule has 41 heavy (non-hydrogen) atoms. The number of nitrogens with zero attached hydrogens (tertiary/aromatic N) is 2. The van der Waals surface area contributed by atoms with Crippen LogP contribution >= 0.6 is 0 Å². The van der Waals surface area contributed by atoms with Gasteiger partial charge in [-0.2, -0.15) is 0 Å². The van der Waals surface area contributed by atoms with E-state index in [1.807, 2.05) is 20.8 Å². The van der Waals surface area contributed by atoms with Gasteiger partial charge in [-0.05, 0) is 45.4 Å². The molecule has 0 saturated carbocycles. The molecule has 0 spiro atoms. The zero-order valence-corrected chi connectivity index (χ0v) is 24.2. The second-order valence-corrected chi connectivity index (χ2v) is 10.4. The molecule has 1 unspecified atom stereocenters. The van der Waals surface area contributed by atoms with Crippen molar-refractivity contribution >= 4 is 28.8 Å². The van der Waals surface area contributed by atoms with Crippen LogP contribution in [-0.4, -0.2) is 85.4 Å². The summed E-state index contributed by atoms with van der Waals surface area (Å²) in [6.07, 6.45) is 0.686. The summed E-state index contributed by atoms with van der Waals surface area (Å²) in [5, 5.41) is 2.30. The van der Waals surface area contributed by atoms with E-state index >= 15 is 0 Å². The number of esters is 1. The Hall–Kier alpha value is -3.50. The molecule has 1 aliphatic rings. The highest BCUT2D eigenvalue weighted by atomic mass is 16.6. The molecule has 12 heteroatoms. The van der Waals surface area contributed by atoms with Crippen molar-refractivity contribution in [3.8, 4) is 11.8 Å². The van der Waals surface area contributed by atoms with Crippen LogP contribution in [-0.2, 0) is 45.1 Å². The van der Waals surface area contributed by atoms with E-state index in [9.17, 15) is 19.2 Å². The third kappa shape index (κ3) is 10.1. The van der Waals surface area contributed by atoms with Gasteiger partial charge in [0.2, 0.25) is 11.8 Å². The number of hydrogen-bond acceptors (Lipinski definition) is 9. The van der Waals surface area contributed by atoms with Crippen LogP contribution < -0.4 is 11.0 Å². The van der Waals surface area contributed by atoms with E-state index < -0.39 is 17.6 Å². The van der Waals surface area contributed by atoms with Gasteiger partial charge in [0.25, 0.3) is 0 Å². The van der Waals surface area contributed by atoms with Crippen molar-refractivity contribution < 1.29 is 38.1 Å². The van der Waals surface area contributed by atoms with Gasteiger partial charge in [-0.1, -0.05) is 11.8 Å². The molecule has 1 aromatic heterocycles. The molecule has 224 valence electrons. The van der Waals surface area contributed by atoms with E-state index in [1.54, 1.807) is 25.2 Å². The predicted octanol–water partition coefficient (Wildman–Crippen LogP) is 1.47. The molecule has 3 rings (SSSR count). The van der Waals surface area contributed by atoms with Crippen molar-refractivity contribution in [2.45, 2.75) is 51.7 Å². The highest BCUT2D eigenvalue weighted by Crippen LogP contribution is 2.23.